The molecular weight excluding hydrogens is 392 g/mol. The third-order valence-electron chi connectivity index (χ3n) is 4.75. The van der Waals surface area contributed by atoms with Crippen LogP contribution in [0.2, 0.25) is 0 Å². The van der Waals surface area contributed by atoms with E-state index in [0.717, 1.165) is 11.1 Å². The van der Waals surface area contributed by atoms with E-state index in [-0.39, 0.29) is 11.7 Å². The summed E-state index contributed by atoms with van der Waals surface area (Å²) in [5.74, 6) is -0.583. The van der Waals surface area contributed by atoms with Crippen molar-refractivity contribution in [1.29, 1.82) is 0 Å². The normalized spacial score (nSPS) is 11.6. The Kier molecular flexibility index (Phi) is 6.23. The Hall–Kier alpha value is -4.13. The maximum Gasteiger partial charge on any atom is 0.287 e. The van der Waals surface area contributed by atoms with Gasteiger partial charge in [0.15, 0.2) is 5.76 Å². The van der Waals surface area contributed by atoms with Gasteiger partial charge < -0.3 is 15.1 Å². The zero-order chi connectivity index (χ0) is 21.5. The van der Waals surface area contributed by atoms with E-state index >= 15 is 0 Å². The minimum atomic E-state index is -0.769. The van der Waals surface area contributed by atoms with E-state index in [4.69, 9.17) is 4.42 Å². The van der Waals surface area contributed by atoms with Crippen LogP contribution in [-0.2, 0) is 17.8 Å². The summed E-state index contributed by atoms with van der Waals surface area (Å²) in [5.41, 5.74) is 2.59. The predicted octanol–water partition coefficient (Wildman–Crippen LogP) is 3.50. The average Bonchev–Trinajstić information content (AvgIpc) is 3.49. The zero-order valence-corrected chi connectivity index (χ0v) is 16.8. The number of hydrogen-bond donors (Lipinski definition) is 2. The highest BCUT2D eigenvalue weighted by atomic mass is 16.3. The summed E-state index contributed by atoms with van der Waals surface area (Å²) in [6, 6.07) is 21.4. The van der Waals surface area contributed by atoms with E-state index < -0.39 is 11.9 Å². The lowest BCUT2D eigenvalue weighted by Crippen LogP contribution is -2.45. The van der Waals surface area contributed by atoms with Crippen molar-refractivity contribution in [3.63, 3.8) is 0 Å². The maximum absolute atomic E-state index is 13.1. The summed E-state index contributed by atoms with van der Waals surface area (Å²) >= 11 is 0. The Bertz CT molecular complexity index is 1120. The molecule has 0 fully saturated rings. The summed E-state index contributed by atoms with van der Waals surface area (Å²) in [5, 5.41) is 9.91. The first-order valence-electron chi connectivity index (χ1n) is 9.93. The van der Waals surface area contributed by atoms with Crippen LogP contribution in [0, 0.1) is 0 Å². The Balaban J connectivity index is 1.49. The molecule has 0 aliphatic carbocycles. The van der Waals surface area contributed by atoms with E-state index in [2.05, 4.69) is 15.7 Å². The molecule has 2 heterocycles. The molecular formula is C24H22N4O3. The van der Waals surface area contributed by atoms with Crippen LogP contribution >= 0.6 is 0 Å². The van der Waals surface area contributed by atoms with E-state index in [1.54, 1.807) is 18.3 Å². The fourth-order valence-electron chi connectivity index (χ4n) is 3.25. The number of benzene rings is 2. The largest absolute Gasteiger partial charge is 0.459 e. The van der Waals surface area contributed by atoms with Crippen molar-refractivity contribution in [2.75, 3.05) is 5.32 Å². The van der Waals surface area contributed by atoms with Gasteiger partial charge in [-0.05, 0) is 41.5 Å². The molecule has 4 aromatic rings. The van der Waals surface area contributed by atoms with Crippen LogP contribution in [0.25, 0.3) is 0 Å². The molecule has 0 spiro atoms. The molecule has 2 N–H and O–H groups in total. The highest BCUT2D eigenvalue weighted by molar-refractivity contribution is 6.00. The van der Waals surface area contributed by atoms with E-state index in [0.29, 0.717) is 18.7 Å². The zero-order valence-electron chi connectivity index (χ0n) is 16.8. The lowest BCUT2D eigenvalue weighted by molar-refractivity contribution is -0.118. The third-order valence-corrected chi connectivity index (χ3v) is 4.75. The summed E-state index contributed by atoms with van der Waals surface area (Å²) in [7, 11) is 0. The fourth-order valence-corrected chi connectivity index (χ4v) is 3.25. The molecule has 0 radical (unpaired) electrons. The van der Waals surface area contributed by atoms with Crippen molar-refractivity contribution in [2.24, 2.45) is 0 Å². The van der Waals surface area contributed by atoms with Gasteiger partial charge in [-0.25, -0.2) is 0 Å². The SMILES string of the molecule is O=C(NC(Cc1ccccc1)C(=O)Nc1cccc(Cn2cccn2)c1)c1ccco1. The van der Waals surface area contributed by atoms with Crippen LogP contribution in [0.15, 0.2) is 95.9 Å². The number of amides is 2. The number of rotatable bonds is 8. The molecule has 31 heavy (non-hydrogen) atoms. The smallest absolute Gasteiger partial charge is 0.287 e. The summed E-state index contributed by atoms with van der Waals surface area (Å²) in [4.78, 5) is 25.6. The minimum absolute atomic E-state index is 0.159. The van der Waals surface area contributed by atoms with E-state index in [1.165, 1.54) is 6.26 Å². The van der Waals surface area contributed by atoms with E-state index in [9.17, 15) is 9.59 Å². The summed E-state index contributed by atoms with van der Waals surface area (Å²) in [6.07, 6.45) is 5.38. The molecule has 2 aromatic heterocycles. The molecule has 0 saturated carbocycles. The molecule has 2 aromatic carbocycles. The lowest BCUT2D eigenvalue weighted by Gasteiger charge is -2.18. The summed E-state index contributed by atoms with van der Waals surface area (Å²) in [6.45, 7) is 0.597. The van der Waals surface area contributed by atoms with Gasteiger partial charge in [-0.2, -0.15) is 5.10 Å². The number of nitrogens with one attached hydrogen (secondary N) is 2. The first-order chi connectivity index (χ1) is 15.2. The Morgan fingerprint density at radius 3 is 2.55 bits per heavy atom. The fraction of sp³-hybridized carbons (Fsp3) is 0.125. The van der Waals surface area contributed by atoms with Gasteiger partial charge in [-0.15, -0.1) is 0 Å². The maximum atomic E-state index is 13.1. The van der Waals surface area contributed by atoms with Crippen LogP contribution in [0.3, 0.4) is 0 Å². The number of carbonyl (C=O) groups excluding carboxylic acids is 2. The molecule has 2 amide bonds. The number of aromatic nitrogens is 2. The van der Waals surface area contributed by atoms with Gasteiger partial charge in [0.05, 0.1) is 12.8 Å². The molecule has 156 valence electrons. The molecule has 7 heteroatoms. The van der Waals surface area contributed by atoms with Crippen LogP contribution in [0.5, 0.6) is 0 Å². The standard InChI is InChI=1S/C24H22N4O3/c29-23(26-20-10-4-9-19(15-20)17-28-13-6-12-25-28)21(16-18-7-2-1-3-8-18)27-24(30)22-11-5-14-31-22/h1-15,21H,16-17H2,(H,26,29)(H,27,30). The second kappa shape index (κ2) is 9.58. The van der Waals surface area contributed by atoms with Gasteiger partial charge in [0.1, 0.15) is 6.04 Å². The Morgan fingerprint density at radius 2 is 1.81 bits per heavy atom. The Morgan fingerprint density at radius 1 is 0.968 bits per heavy atom. The van der Waals surface area contributed by atoms with E-state index in [1.807, 2.05) is 71.5 Å². The topological polar surface area (TPSA) is 89.2 Å². The van der Waals surface area contributed by atoms with Crippen LogP contribution in [0.4, 0.5) is 5.69 Å². The number of carbonyl (C=O) groups is 2. The number of furan rings is 1. The van der Waals surface area contributed by atoms with Crippen LogP contribution in [0.1, 0.15) is 21.7 Å². The minimum Gasteiger partial charge on any atom is -0.459 e. The van der Waals surface area contributed by atoms with Gasteiger partial charge in [0.25, 0.3) is 5.91 Å². The van der Waals surface area contributed by atoms with Gasteiger partial charge in [-0.1, -0.05) is 42.5 Å². The van der Waals surface area contributed by atoms with Gasteiger partial charge in [0, 0.05) is 24.5 Å². The van der Waals surface area contributed by atoms with Crippen molar-refractivity contribution < 1.29 is 14.0 Å². The van der Waals surface area contributed by atoms with Gasteiger partial charge in [-0.3, -0.25) is 14.3 Å². The predicted molar refractivity (Wildman–Crippen MR) is 117 cm³/mol. The highest BCUT2D eigenvalue weighted by Crippen LogP contribution is 2.14. The molecule has 0 bridgehead atoms. The quantitative estimate of drug-likeness (QED) is 0.462. The van der Waals surface area contributed by atoms with Gasteiger partial charge >= 0.3 is 0 Å². The van der Waals surface area contributed by atoms with Crippen LogP contribution in [-0.4, -0.2) is 27.6 Å². The van der Waals surface area contributed by atoms with Crippen molar-refractivity contribution in [3.8, 4) is 0 Å². The van der Waals surface area contributed by atoms with Crippen molar-refractivity contribution in [3.05, 3.63) is 108 Å². The van der Waals surface area contributed by atoms with Gasteiger partial charge in [0.2, 0.25) is 5.91 Å². The number of anilines is 1. The third kappa shape index (κ3) is 5.48. The molecule has 4 rings (SSSR count). The first-order valence-corrected chi connectivity index (χ1v) is 9.93. The van der Waals surface area contributed by atoms with Crippen molar-refractivity contribution in [1.82, 2.24) is 15.1 Å². The van der Waals surface area contributed by atoms with Crippen molar-refractivity contribution >= 4 is 17.5 Å². The molecule has 1 atom stereocenters. The molecule has 7 nitrogen and oxygen atoms in total. The number of hydrogen-bond acceptors (Lipinski definition) is 4. The highest BCUT2D eigenvalue weighted by Gasteiger charge is 2.23. The first kappa shape index (κ1) is 20.2. The molecule has 0 aliphatic rings. The lowest BCUT2D eigenvalue weighted by atomic mass is 10.0. The molecule has 1 unspecified atom stereocenters. The van der Waals surface area contributed by atoms with Crippen LogP contribution < -0.4 is 10.6 Å². The monoisotopic (exact) mass is 414 g/mol. The second-order valence-electron chi connectivity index (χ2n) is 7.09. The summed E-state index contributed by atoms with van der Waals surface area (Å²) < 4.78 is 6.97. The number of nitrogens with zero attached hydrogens (tertiary/aromatic N) is 2. The molecule has 0 saturated heterocycles. The second-order valence-corrected chi connectivity index (χ2v) is 7.09. The van der Waals surface area contributed by atoms with Crippen molar-refractivity contribution in [2.45, 2.75) is 19.0 Å². The average molecular weight is 414 g/mol. The molecule has 0 aliphatic heterocycles. The Labute approximate surface area is 179 Å².